The minimum atomic E-state index is -2.18. The predicted molar refractivity (Wildman–Crippen MR) is 160 cm³/mol. The Hall–Kier alpha value is -2.24. The maximum atomic E-state index is 12.5. The van der Waals surface area contributed by atoms with Crippen molar-refractivity contribution < 1.29 is 23.5 Å². The number of fused-ring (bicyclic) bond motifs is 3. The molecule has 40 heavy (non-hydrogen) atoms. The van der Waals surface area contributed by atoms with Crippen molar-refractivity contribution in [2.75, 3.05) is 0 Å². The third-order valence-corrected chi connectivity index (χ3v) is 14.1. The molecule has 11 heteroatoms. The summed E-state index contributed by atoms with van der Waals surface area (Å²) in [5.41, 5.74) is 6.55. The van der Waals surface area contributed by atoms with Crippen molar-refractivity contribution in [3.05, 3.63) is 16.8 Å². The average Bonchev–Trinajstić information content (AvgIpc) is 3.37. The van der Waals surface area contributed by atoms with Crippen LogP contribution in [0.5, 0.6) is 5.88 Å². The lowest BCUT2D eigenvalue weighted by atomic mass is 9.92. The molecule has 2 atom stereocenters. The summed E-state index contributed by atoms with van der Waals surface area (Å²) in [7, 11) is -2.18. The SMILES string of the molecule is CC(C)(C)OC(=O)N[C@H]1CC[C@H](Oc2ncnc3sc4c(c23)[C@@H](C[C@@H](O[Si](C)(C)C(C)(C)C)C(N)=O)CC4)CC1. The fourth-order valence-corrected chi connectivity index (χ4v) is 7.84. The Morgan fingerprint density at radius 3 is 2.38 bits per heavy atom. The van der Waals surface area contributed by atoms with Crippen LogP contribution in [-0.2, 0) is 20.4 Å². The molecule has 0 aromatic carbocycles. The lowest BCUT2D eigenvalue weighted by Crippen LogP contribution is -2.48. The molecule has 2 heterocycles. The van der Waals surface area contributed by atoms with Crippen LogP contribution < -0.4 is 15.8 Å². The minimum absolute atomic E-state index is 0.00507. The summed E-state index contributed by atoms with van der Waals surface area (Å²) in [4.78, 5) is 36.0. The van der Waals surface area contributed by atoms with Crippen LogP contribution in [0, 0.1) is 0 Å². The number of amides is 2. The lowest BCUT2D eigenvalue weighted by molar-refractivity contribution is -0.125. The van der Waals surface area contributed by atoms with Crippen molar-refractivity contribution in [2.24, 2.45) is 5.73 Å². The van der Waals surface area contributed by atoms with Crippen molar-refractivity contribution in [3.63, 3.8) is 0 Å². The molecule has 9 nitrogen and oxygen atoms in total. The van der Waals surface area contributed by atoms with Crippen LogP contribution in [0.25, 0.3) is 10.2 Å². The van der Waals surface area contributed by atoms with E-state index in [0.717, 1.165) is 48.7 Å². The number of hydrogen-bond donors (Lipinski definition) is 2. The molecule has 0 bridgehead atoms. The van der Waals surface area contributed by atoms with Gasteiger partial charge >= 0.3 is 6.09 Å². The highest BCUT2D eigenvalue weighted by molar-refractivity contribution is 7.19. The summed E-state index contributed by atoms with van der Waals surface area (Å²) < 4.78 is 18.4. The standard InChI is InChI=1S/C29H46N4O5SSi/c1-28(2,3)37-27(35)33-18-10-12-19(13-11-18)36-25-23-22-17(9-14-21(22)39-26(23)32-16-31-25)15-20(24(30)34)38-40(7,8)29(4,5)6/h16-20H,9-15H2,1-8H3,(H2,30,34)(H,33,35)/t17-,18-,19-,20-/m1/s1. The molecule has 0 radical (unpaired) electrons. The maximum Gasteiger partial charge on any atom is 0.407 e. The quantitative estimate of drug-likeness (QED) is 0.351. The summed E-state index contributed by atoms with van der Waals surface area (Å²) in [6.45, 7) is 16.4. The van der Waals surface area contributed by atoms with Crippen LogP contribution in [0.1, 0.15) is 96.4 Å². The Kier molecular flexibility index (Phi) is 8.88. The number of carbonyl (C=O) groups excluding carboxylic acids is 2. The molecule has 2 amide bonds. The Labute approximate surface area is 243 Å². The summed E-state index contributed by atoms with van der Waals surface area (Å²) in [5, 5.41) is 3.94. The molecule has 0 saturated heterocycles. The molecule has 1 saturated carbocycles. The smallest absolute Gasteiger partial charge is 0.407 e. The van der Waals surface area contributed by atoms with Gasteiger partial charge in [-0.25, -0.2) is 14.8 Å². The molecule has 2 aromatic rings. The Balaban J connectivity index is 1.47. The van der Waals surface area contributed by atoms with Crippen molar-refractivity contribution >= 4 is 41.9 Å². The van der Waals surface area contributed by atoms with E-state index < -0.39 is 25.9 Å². The zero-order valence-electron chi connectivity index (χ0n) is 25.3. The van der Waals surface area contributed by atoms with Gasteiger partial charge in [-0.1, -0.05) is 20.8 Å². The highest BCUT2D eigenvalue weighted by atomic mass is 32.1. The molecule has 0 unspecified atom stereocenters. The summed E-state index contributed by atoms with van der Waals surface area (Å²) >= 11 is 1.69. The van der Waals surface area contributed by atoms with Gasteiger partial charge in [0.1, 0.15) is 29.0 Å². The molecule has 2 aromatic heterocycles. The first-order valence-electron chi connectivity index (χ1n) is 14.4. The van der Waals surface area contributed by atoms with E-state index >= 15 is 0 Å². The molecular formula is C29H46N4O5SSi. The van der Waals surface area contributed by atoms with Gasteiger partial charge in [0.05, 0.1) is 5.39 Å². The van der Waals surface area contributed by atoms with Crippen LogP contribution in [0.15, 0.2) is 6.33 Å². The molecular weight excluding hydrogens is 544 g/mol. The Bertz CT molecular complexity index is 1230. The second kappa shape index (κ2) is 11.6. The van der Waals surface area contributed by atoms with Gasteiger partial charge in [0.15, 0.2) is 8.32 Å². The number of carbonyl (C=O) groups is 2. The maximum absolute atomic E-state index is 12.5. The second-order valence-electron chi connectivity index (χ2n) is 13.8. The fourth-order valence-electron chi connectivity index (χ4n) is 5.34. The van der Waals surface area contributed by atoms with Crippen molar-refractivity contribution in [1.82, 2.24) is 15.3 Å². The number of thiophene rings is 1. The first kappa shape index (κ1) is 30.7. The number of aromatic nitrogens is 2. The number of nitrogens with one attached hydrogen (secondary N) is 1. The molecule has 0 spiro atoms. The highest BCUT2D eigenvalue weighted by Gasteiger charge is 2.42. The van der Waals surface area contributed by atoms with Crippen LogP contribution in [0.4, 0.5) is 4.79 Å². The van der Waals surface area contributed by atoms with Gasteiger partial charge in [-0.3, -0.25) is 4.79 Å². The zero-order chi connectivity index (χ0) is 29.5. The summed E-state index contributed by atoms with van der Waals surface area (Å²) in [5.74, 6) is 0.342. The Morgan fingerprint density at radius 2 is 1.77 bits per heavy atom. The normalized spacial score (nSPS) is 22.6. The number of nitrogens with two attached hydrogens (primary N) is 1. The van der Waals surface area contributed by atoms with Crippen LogP contribution in [0.3, 0.4) is 0 Å². The topological polar surface area (TPSA) is 126 Å². The number of ether oxygens (including phenoxy) is 2. The number of rotatable bonds is 8. The first-order chi connectivity index (χ1) is 18.5. The van der Waals surface area contributed by atoms with Crippen molar-refractivity contribution in [2.45, 2.75) is 134 Å². The van der Waals surface area contributed by atoms with Crippen LogP contribution in [-0.4, -0.2) is 54.1 Å². The van der Waals surface area contributed by atoms with Gasteiger partial charge in [-0.2, -0.15) is 0 Å². The summed E-state index contributed by atoms with van der Waals surface area (Å²) in [6.07, 6.45) is 6.25. The predicted octanol–water partition coefficient (Wildman–Crippen LogP) is 6.20. The summed E-state index contributed by atoms with van der Waals surface area (Å²) in [6, 6.07) is 0.0709. The van der Waals surface area contributed by atoms with E-state index in [2.05, 4.69) is 49.1 Å². The van der Waals surface area contributed by atoms with Crippen LogP contribution >= 0.6 is 11.3 Å². The lowest BCUT2D eigenvalue weighted by Gasteiger charge is -2.39. The van der Waals surface area contributed by atoms with Crippen molar-refractivity contribution in [1.29, 1.82) is 0 Å². The minimum Gasteiger partial charge on any atom is -0.474 e. The van der Waals surface area contributed by atoms with Gasteiger partial charge < -0.3 is 25.0 Å². The largest absolute Gasteiger partial charge is 0.474 e. The average molecular weight is 591 g/mol. The molecule has 2 aliphatic rings. The van der Waals surface area contributed by atoms with E-state index in [-0.39, 0.29) is 29.2 Å². The van der Waals surface area contributed by atoms with E-state index in [1.165, 1.54) is 10.4 Å². The molecule has 3 N–H and O–H groups in total. The number of nitrogens with zero attached hydrogens (tertiary/aromatic N) is 2. The molecule has 1 fully saturated rings. The fraction of sp³-hybridized carbons (Fsp3) is 0.724. The van der Waals surface area contributed by atoms with E-state index in [4.69, 9.17) is 19.6 Å². The third-order valence-electron chi connectivity index (χ3n) is 8.43. The number of primary amides is 1. The van der Waals surface area contributed by atoms with Gasteiger partial charge in [-0.05, 0) is 95.3 Å². The second-order valence-corrected chi connectivity index (χ2v) is 19.6. The van der Waals surface area contributed by atoms with Crippen LogP contribution in [0.2, 0.25) is 18.1 Å². The monoisotopic (exact) mass is 590 g/mol. The van der Waals surface area contributed by atoms with E-state index in [0.29, 0.717) is 12.3 Å². The van der Waals surface area contributed by atoms with E-state index in [1.807, 2.05) is 20.8 Å². The first-order valence-corrected chi connectivity index (χ1v) is 18.2. The Morgan fingerprint density at radius 1 is 1.10 bits per heavy atom. The number of aryl methyl sites for hydroxylation is 1. The van der Waals surface area contributed by atoms with Gasteiger partial charge in [0.2, 0.25) is 11.8 Å². The molecule has 222 valence electrons. The molecule has 4 rings (SSSR count). The number of alkyl carbamates (subject to hydrolysis) is 1. The van der Waals surface area contributed by atoms with E-state index in [9.17, 15) is 9.59 Å². The molecule has 0 aliphatic heterocycles. The highest BCUT2D eigenvalue weighted by Crippen LogP contribution is 2.48. The van der Waals surface area contributed by atoms with E-state index in [1.54, 1.807) is 17.7 Å². The van der Waals surface area contributed by atoms with Gasteiger partial charge in [0.25, 0.3) is 0 Å². The van der Waals surface area contributed by atoms with Gasteiger partial charge in [-0.15, -0.1) is 11.3 Å². The third kappa shape index (κ3) is 7.14. The number of hydrogen-bond acceptors (Lipinski definition) is 8. The van der Waals surface area contributed by atoms with Gasteiger partial charge in [0, 0.05) is 10.9 Å². The zero-order valence-corrected chi connectivity index (χ0v) is 27.1. The van der Waals surface area contributed by atoms with Crippen molar-refractivity contribution in [3.8, 4) is 5.88 Å². The molecule has 2 aliphatic carbocycles.